The molecule has 0 heterocycles. The van der Waals surface area contributed by atoms with Gasteiger partial charge in [-0.1, -0.05) is 35.9 Å². The zero-order chi connectivity index (χ0) is 14.7. The molecule has 1 unspecified atom stereocenters. The third kappa shape index (κ3) is 3.03. The van der Waals surface area contributed by atoms with Gasteiger partial charge in [0.05, 0.1) is 6.04 Å². The third-order valence-electron chi connectivity index (χ3n) is 3.39. The smallest absolute Gasteiger partial charge is 0.133 e. The molecule has 0 amide bonds. The van der Waals surface area contributed by atoms with Gasteiger partial charge in [-0.2, -0.15) is 0 Å². The van der Waals surface area contributed by atoms with Crippen molar-refractivity contribution in [2.45, 2.75) is 26.3 Å². The molecule has 0 fully saturated rings. The van der Waals surface area contributed by atoms with Crippen molar-refractivity contribution >= 4 is 0 Å². The van der Waals surface area contributed by atoms with E-state index in [2.05, 4.69) is 5.43 Å². The minimum atomic E-state index is -0.600. The second-order valence-corrected chi connectivity index (χ2v) is 5.00. The van der Waals surface area contributed by atoms with E-state index in [1.54, 1.807) is 6.92 Å². The molecule has 0 aromatic heterocycles. The maximum atomic E-state index is 14.1. The fourth-order valence-corrected chi connectivity index (χ4v) is 2.32. The molecule has 0 saturated heterocycles. The molecule has 0 radical (unpaired) electrons. The molecule has 0 saturated carbocycles. The Morgan fingerprint density at radius 3 is 2.55 bits per heavy atom. The molecule has 0 aliphatic carbocycles. The van der Waals surface area contributed by atoms with Crippen molar-refractivity contribution in [2.24, 2.45) is 5.84 Å². The molecular weight excluding hydrogens is 258 g/mol. The van der Waals surface area contributed by atoms with Gasteiger partial charge >= 0.3 is 0 Å². The lowest BCUT2D eigenvalue weighted by molar-refractivity contribution is 0.470. The van der Waals surface area contributed by atoms with Crippen LogP contribution in [-0.2, 0) is 6.42 Å². The lowest BCUT2D eigenvalue weighted by atomic mass is 9.96. The summed E-state index contributed by atoms with van der Waals surface area (Å²) in [6, 6.07) is 9.89. The van der Waals surface area contributed by atoms with Crippen molar-refractivity contribution in [3.05, 3.63) is 70.3 Å². The number of hydrogen-bond donors (Lipinski definition) is 2. The van der Waals surface area contributed by atoms with E-state index in [-0.39, 0.29) is 5.56 Å². The van der Waals surface area contributed by atoms with E-state index in [4.69, 9.17) is 5.84 Å². The first-order chi connectivity index (χ1) is 9.52. The molecule has 2 nitrogen and oxygen atoms in total. The Balaban J connectivity index is 2.36. The Morgan fingerprint density at radius 1 is 1.15 bits per heavy atom. The van der Waals surface area contributed by atoms with Crippen molar-refractivity contribution in [3.63, 3.8) is 0 Å². The van der Waals surface area contributed by atoms with E-state index < -0.39 is 17.7 Å². The highest BCUT2D eigenvalue weighted by molar-refractivity contribution is 5.31. The topological polar surface area (TPSA) is 38.0 Å². The molecule has 2 aromatic rings. The van der Waals surface area contributed by atoms with Crippen LogP contribution in [0.15, 0.2) is 36.4 Å². The lowest BCUT2D eigenvalue weighted by Gasteiger charge is -2.19. The maximum Gasteiger partial charge on any atom is 0.133 e. The number of rotatable bonds is 4. The van der Waals surface area contributed by atoms with Crippen molar-refractivity contribution in [2.75, 3.05) is 0 Å². The fourth-order valence-electron chi connectivity index (χ4n) is 2.32. The lowest BCUT2D eigenvalue weighted by Crippen LogP contribution is -2.31. The summed E-state index contributed by atoms with van der Waals surface area (Å²) in [7, 11) is 0. The predicted octanol–water partition coefficient (Wildman–Crippen LogP) is 3.33. The molecule has 0 aliphatic heterocycles. The van der Waals surface area contributed by atoms with Crippen LogP contribution >= 0.6 is 0 Å². The molecule has 2 aromatic carbocycles. The normalized spacial score (nSPS) is 12.4. The predicted molar refractivity (Wildman–Crippen MR) is 76.0 cm³/mol. The van der Waals surface area contributed by atoms with E-state index in [0.29, 0.717) is 12.0 Å². The minimum absolute atomic E-state index is 0.00555. The first-order valence-corrected chi connectivity index (χ1v) is 6.49. The quantitative estimate of drug-likeness (QED) is 0.664. The minimum Gasteiger partial charge on any atom is -0.271 e. The molecule has 4 heteroatoms. The summed E-state index contributed by atoms with van der Waals surface area (Å²) in [6.45, 7) is 3.58. The van der Waals surface area contributed by atoms with Crippen LogP contribution in [0.4, 0.5) is 8.78 Å². The fraction of sp³-hybridized carbons (Fsp3) is 0.250. The number of aryl methyl sites for hydroxylation is 2. The van der Waals surface area contributed by atoms with Gasteiger partial charge in [-0.25, -0.2) is 8.78 Å². The summed E-state index contributed by atoms with van der Waals surface area (Å²) in [5.74, 6) is 4.37. The second kappa shape index (κ2) is 6.11. The van der Waals surface area contributed by atoms with Crippen molar-refractivity contribution in [1.82, 2.24) is 5.43 Å². The molecule has 1 atom stereocenters. The van der Waals surface area contributed by atoms with Gasteiger partial charge in [0.1, 0.15) is 11.6 Å². The Morgan fingerprint density at radius 2 is 1.90 bits per heavy atom. The number of nitrogens with one attached hydrogen (secondary N) is 1. The Hall–Kier alpha value is -1.78. The Kier molecular flexibility index (Phi) is 4.47. The highest BCUT2D eigenvalue weighted by Gasteiger charge is 2.21. The summed E-state index contributed by atoms with van der Waals surface area (Å²) in [5, 5.41) is 0. The van der Waals surface area contributed by atoms with Crippen molar-refractivity contribution < 1.29 is 8.78 Å². The standard InChI is InChI=1S/C16H18F2N2/c1-10-4-3-5-12(8-10)9-14(20-19)15-13(17)7-6-11(2)16(15)18/h3-8,14,20H,9,19H2,1-2H3. The van der Waals surface area contributed by atoms with E-state index in [1.807, 2.05) is 31.2 Å². The zero-order valence-corrected chi connectivity index (χ0v) is 11.6. The average Bonchev–Trinajstić information content (AvgIpc) is 2.42. The molecule has 20 heavy (non-hydrogen) atoms. The maximum absolute atomic E-state index is 14.1. The molecule has 0 spiro atoms. The number of benzene rings is 2. The van der Waals surface area contributed by atoms with Gasteiger partial charge in [0.25, 0.3) is 0 Å². The first-order valence-electron chi connectivity index (χ1n) is 6.49. The van der Waals surface area contributed by atoms with Gasteiger partial charge in [-0.3, -0.25) is 11.3 Å². The van der Waals surface area contributed by atoms with Crippen molar-refractivity contribution in [1.29, 1.82) is 0 Å². The SMILES string of the molecule is Cc1cccc(CC(NN)c2c(F)ccc(C)c2F)c1. The van der Waals surface area contributed by atoms with Gasteiger partial charge < -0.3 is 0 Å². The van der Waals surface area contributed by atoms with Crippen LogP contribution in [-0.4, -0.2) is 0 Å². The highest BCUT2D eigenvalue weighted by atomic mass is 19.1. The van der Waals surface area contributed by atoms with Gasteiger partial charge in [-0.05, 0) is 37.5 Å². The van der Waals surface area contributed by atoms with Crippen LogP contribution in [0.5, 0.6) is 0 Å². The number of hydrazine groups is 1. The van der Waals surface area contributed by atoms with E-state index in [9.17, 15) is 8.78 Å². The Labute approximate surface area is 117 Å². The van der Waals surface area contributed by atoms with Crippen LogP contribution in [0.2, 0.25) is 0 Å². The molecule has 106 valence electrons. The van der Waals surface area contributed by atoms with Crippen LogP contribution in [0.3, 0.4) is 0 Å². The third-order valence-corrected chi connectivity index (χ3v) is 3.39. The molecule has 2 rings (SSSR count). The molecule has 0 bridgehead atoms. The summed E-state index contributed by atoms with van der Waals surface area (Å²) in [4.78, 5) is 0. The Bertz CT molecular complexity index is 611. The van der Waals surface area contributed by atoms with Crippen molar-refractivity contribution in [3.8, 4) is 0 Å². The second-order valence-electron chi connectivity index (χ2n) is 5.00. The van der Waals surface area contributed by atoms with Crippen LogP contribution in [0.25, 0.3) is 0 Å². The largest absolute Gasteiger partial charge is 0.271 e. The first kappa shape index (κ1) is 14.6. The molecule has 3 N–H and O–H groups in total. The average molecular weight is 276 g/mol. The van der Waals surface area contributed by atoms with Gasteiger partial charge in [0.15, 0.2) is 0 Å². The van der Waals surface area contributed by atoms with E-state index >= 15 is 0 Å². The van der Waals surface area contributed by atoms with Gasteiger partial charge in [0.2, 0.25) is 0 Å². The molecular formula is C16H18F2N2. The highest BCUT2D eigenvalue weighted by Crippen LogP contribution is 2.25. The summed E-state index contributed by atoms with van der Waals surface area (Å²) in [5.41, 5.74) is 5.00. The number of halogens is 2. The van der Waals surface area contributed by atoms with Gasteiger partial charge in [-0.15, -0.1) is 0 Å². The van der Waals surface area contributed by atoms with Crippen LogP contribution in [0, 0.1) is 25.5 Å². The number of nitrogens with two attached hydrogens (primary N) is 1. The summed E-state index contributed by atoms with van der Waals surface area (Å²) in [6.07, 6.45) is 0.426. The van der Waals surface area contributed by atoms with E-state index in [1.165, 1.54) is 12.1 Å². The molecule has 0 aliphatic rings. The van der Waals surface area contributed by atoms with Crippen LogP contribution in [0.1, 0.15) is 28.3 Å². The van der Waals surface area contributed by atoms with Gasteiger partial charge in [0, 0.05) is 5.56 Å². The zero-order valence-electron chi connectivity index (χ0n) is 11.6. The van der Waals surface area contributed by atoms with E-state index in [0.717, 1.165) is 11.1 Å². The summed E-state index contributed by atoms with van der Waals surface area (Å²) >= 11 is 0. The monoisotopic (exact) mass is 276 g/mol. The van der Waals surface area contributed by atoms with Crippen LogP contribution < -0.4 is 11.3 Å². The number of hydrogen-bond acceptors (Lipinski definition) is 2. The summed E-state index contributed by atoms with van der Waals surface area (Å²) < 4.78 is 28.1.